The number of nitrogens with one attached hydrogen (secondary N) is 1. The van der Waals surface area contributed by atoms with Gasteiger partial charge >= 0.3 is 0 Å². The number of rotatable bonds is 4. The van der Waals surface area contributed by atoms with Gasteiger partial charge in [-0.1, -0.05) is 35.0 Å². The van der Waals surface area contributed by atoms with Gasteiger partial charge in [0.05, 0.1) is 0 Å². The monoisotopic (exact) mass is 322 g/mol. The van der Waals surface area contributed by atoms with E-state index in [-0.39, 0.29) is 0 Å². The molecular formula is C16H23BrN2. The molecule has 0 amide bonds. The summed E-state index contributed by atoms with van der Waals surface area (Å²) in [6.07, 6.45) is 5.45. The summed E-state index contributed by atoms with van der Waals surface area (Å²) in [6, 6.07) is 11.2. The molecule has 1 N–H and O–H groups in total. The summed E-state index contributed by atoms with van der Waals surface area (Å²) in [6.45, 7) is 4.45. The molecule has 0 aliphatic carbocycles. The predicted octanol–water partition coefficient (Wildman–Crippen LogP) is 3.55. The average Bonchev–Trinajstić information content (AvgIpc) is 2.64. The van der Waals surface area contributed by atoms with Gasteiger partial charge < -0.3 is 5.32 Å². The second kappa shape index (κ2) is 5.94. The summed E-state index contributed by atoms with van der Waals surface area (Å²) in [5.74, 6) is 0. The van der Waals surface area contributed by atoms with E-state index in [0.29, 0.717) is 0 Å². The van der Waals surface area contributed by atoms with Crippen molar-refractivity contribution in [3.05, 3.63) is 34.3 Å². The zero-order chi connectivity index (χ0) is 13.2. The standard InChI is InChI=1S/C16H23BrN2/c1-2-18-14-9-15-7-8-16(10-14)19(15)11-12-3-5-13(17)6-4-12/h3-6,14-16,18H,2,7-11H2,1H3. The van der Waals surface area contributed by atoms with E-state index in [1.807, 2.05) is 0 Å². The van der Waals surface area contributed by atoms with Crippen LogP contribution >= 0.6 is 15.9 Å². The maximum absolute atomic E-state index is 3.64. The highest BCUT2D eigenvalue weighted by Gasteiger charge is 2.40. The van der Waals surface area contributed by atoms with Crippen LogP contribution in [-0.4, -0.2) is 29.6 Å². The Balaban J connectivity index is 1.65. The third-order valence-electron chi connectivity index (χ3n) is 4.66. The van der Waals surface area contributed by atoms with Crippen molar-refractivity contribution in [1.82, 2.24) is 10.2 Å². The lowest BCUT2D eigenvalue weighted by atomic mass is 9.96. The topological polar surface area (TPSA) is 15.3 Å². The van der Waals surface area contributed by atoms with Gasteiger partial charge in [-0.3, -0.25) is 4.90 Å². The van der Waals surface area contributed by atoms with E-state index in [0.717, 1.165) is 31.2 Å². The number of piperidine rings is 1. The smallest absolute Gasteiger partial charge is 0.0239 e. The lowest BCUT2D eigenvalue weighted by molar-refractivity contribution is 0.110. The van der Waals surface area contributed by atoms with Gasteiger partial charge in [0.1, 0.15) is 0 Å². The van der Waals surface area contributed by atoms with Crippen molar-refractivity contribution in [3.8, 4) is 0 Å². The third-order valence-corrected chi connectivity index (χ3v) is 5.18. The zero-order valence-corrected chi connectivity index (χ0v) is 13.2. The number of halogens is 1. The fourth-order valence-electron chi connectivity index (χ4n) is 3.79. The van der Waals surface area contributed by atoms with Gasteiger partial charge in [0.15, 0.2) is 0 Å². The minimum atomic E-state index is 0.753. The first-order valence-electron chi connectivity index (χ1n) is 7.50. The Morgan fingerprint density at radius 2 is 1.79 bits per heavy atom. The van der Waals surface area contributed by atoms with Crippen LogP contribution in [0.3, 0.4) is 0 Å². The second-order valence-corrected chi connectivity index (χ2v) is 6.83. The van der Waals surface area contributed by atoms with Gasteiger partial charge in [-0.2, -0.15) is 0 Å². The zero-order valence-electron chi connectivity index (χ0n) is 11.6. The number of benzene rings is 1. The SMILES string of the molecule is CCNC1CC2CCC(C1)N2Cc1ccc(Br)cc1. The molecule has 2 bridgehead atoms. The van der Waals surface area contributed by atoms with E-state index in [2.05, 4.69) is 57.3 Å². The molecule has 104 valence electrons. The molecule has 0 aromatic heterocycles. The molecule has 3 rings (SSSR count). The van der Waals surface area contributed by atoms with E-state index >= 15 is 0 Å². The lowest BCUT2D eigenvalue weighted by Crippen LogP contribution is -2.48. The van der Waals surface area contributed by atoms with Gasteiger partial charge in [0.2, 0.25) is 0 Å². The van der Waals surface area contributed by atoms with Crippen molar-refractivity contribution in [2.45, 2.75) is 57.3 Å². The molecule has 0 radical (unpaired) electrons. The Labute approximate surface area is 124 Å². The predicted molar refractivity (Wildman–Crippen MR) is 83.2 cm³/mol. The van der Waals surface area contributed by atoms with E-state index < -0.39 is 0 Å². The maximum Gasteiger partial charge on any atom is 0.0239 e. The number of nitrogens with zero attached hydrogens (tertiary/aromatic N) is 1. The quantitative estimate of drug-likeness (QED) is 0.911. The first-order chi connectivity index (χ1) is 9.26. The molecular weight excluding hydrogens is 300 g/mol. The van der Waals surface area contributed by atoms with Crippen molar-refractivity contribution >= 4 is 15.9 Å². The van der Waals surface area contributed by atoms with Crippen molar-refractivity contribution in [3.63, 3.8) is 0 Å². The van der Waals surface area contributed by atoms with Crippen LogP contribution in [0.15, 0.2) is 28.7 Å². The summed E-state index contributed by atoms with van der Waals surface area (Å²) in [7, 11) is 0. The molecule has 2 nitrogen and oxygen atoms in total. The molecule has 0 saturated carbocycles. The molecule has 2 atom stereocenters. The Kier molecular flexibility index (Phi) is 4.25. The summed E-state index contributed by atoms with van der Waals surface area (Å²) < 4.78 is 1.17. The van der Waals surface area contributed by atoms with E-state index in [1.54, 1.807) is 0 Å². The number of hydrogen-bond acceptors (Lipinski definition) is 2. The van der Waals surface area contributed by atoms with E-state index in [4.69, 9.17) is 0 Å². The van der Waals surface area contributed by atoms with Crippen LogP contribution in [0.4, 0.5) is 0 Å². The first kappa shape index (κ1) is 13.6. The summed E-state index contributed by atoms with van der Waals surface area (Å²) in [4.78, 5) is 2.75. The van der Waals surface area contributed by atoms with Crippen LogP contribution in [0.2, 0.25) is 0 Å². The highest BCUT2D eigenvalue weighted by Crippen LogP contribution is 2.36. The molecule has 2 aliphatic heterocycles. The van der Waals surface area contributed by atoms with Crippen LogP contribution in [0.25, 0.3) is 0 Å². The minimum absolute atomic E-state index is 0.753. The normalized spacial score (nSPS) is 30.7. The van der Waals surface area contributed by atoms with Crippen molar-refractivity contribution < 1.29 is 0 Å². The molecule has 2 saturated heterocycles. The van der Waals surface area contributed by atoms with Crippen LogP contribution in [0, 0.1) is 0 Å². The average molecular weight is 323 g/mol. The van der Waals surface area contributed by atoms with Crippen molar-refractivity contribution in [1.29, 1.82) is 0 Å². The molecule has 2 unspecified atom stereocenters. The van der Waals surface area contributed by atoms with Gasteiger partial charge in [-0.05, 0) is 49.9 Å². The van der Waals surface area contributed by atoms with Crippen LogP contribution < -0.4 is 5.32 Å². The van der Waals surface area contributed by atoms with Crippen molar-refractivity contribution in [2.75, 3.05) is 6.54 Å². The van der Waals surface area contributed by atoms with Crippen LogP contribution in [0.1, 0.15) is 38.2 Å². The second-order valence-electron chi connectivity index (χ2n) is 5.91. The Morgan fingerprint density at radius 3 is 2.37 bits per heavy atom. The van der Waals surface area contributed by atoms with Gasteiger partial charge in [-0.15, -0.1) is 0 Å². The molecule has 2 aliphatic rings. The minimum Gasteiger partial charge on any atom is -0.314 e. The molecule has 1 aromatic carbocycles. The van der Waals surface area contributed by atoms with Crippen LogP contribution in [-0.2, 0) is 6.54 Å². The van der Waals surface area contributed by atoms with E-state index in [1.165, 1.54) is 35.7 Å². The molecule has 19 heavy (non-hydrogen) atoms. The fraction of sp³-hybridized carbons (Fsp3) is 0.625. The van der Waals surface area contributed by atoms with Gasteiger partial charge in [0.25, 0.3) is 0 Å². The number of fused-ring (bicyclic) bond motifs is 2. The lowest BCUT2D eigenvalue weighted by Gasteiger charge is -2.39. The van der Waals surface area contributed by atoms with Crippen LogP contribution in [0.5, 0.6) is 0 Å². The largest absolute Gasteiger partial charge is 0.314 e. The van der Waals surface area contributed by atoms with Crippen molar-refractivity contribution in [2.24, 2.45) is 0 Å². The first-order valence-corrected chi connectivity index (χ1v) is 8.29. The van der Waals surface area contributed by atoms with E-state index in [9.17, 15) is 0 Å². The highest BCUT2D eigenvalue weighted by atomic mass is 79.9. The Hall–Kier alpha value is -0.380. The Morgan fingerprint density at radius 1 is 1.16 bits per heavy atom. The Bertz CT molecular complexity index is 403. The fourth-order valence-corrected chi connectivity index (χ4v) is 4.05. The molecule has 1 aromatic rings. The summed E-state index contributed by atoms with van der Waals surface area (Å²) in [5.41, 5.74) is 1.45. The number of hydrogen-bond donors (Lipinski definition) is 1. The van der Waals surface area contributed by atoms with Gasteiger partial charge in [0, 0.05) is 29.1 Å². The summed E-state index contributed by atoms with van der Waals surface area (Å²) in [5, 5.41) is 3.64. The van der Waals surface area contributed by atoms with Gasteiger partial charge in [-0.25, -0.2) is 0 Å². The molecule has 2 fully saturated rings. The molecule has 2 heterocycles. The molecule has 0 spiro atoms. The summed E-state index contributed by atoms with van der Waals surface area (Å²) >= 11 is 3.51. The molecule has 3 heteroatoms. The highest BCUT2D eigenvalue weighted by molar-refractivity contribution is 9.10. The third kappa shape index (κ3) is 3.04. The maximum atomic E-state index is 3.64.